The van der Waals surface area contributed by atoms with Crippen LogP contribution in [0.15, 0.2) is 53.7 Å². The van der Waals surface area contributed by atoms with Crippen LogP contribution in [0.5, 0.6) is 0 Å². The number of amides is 1. The molecular formula is C19H20ClN5OS. The number of aromatic nitrogens is 3. The lowest BCUT2D eigenvalue weighted by Gasteiger charge is -2.11. The highest BCUT2D eigenvalue weighted by Gasteiger charge is 2.19. The molecule has 27 heavy (non-hydrogen) atoms. The van der Waals surface area contributed by atoms with E-state index in [0.717, 1.165) is 16.7 Å². The van der Waals surface area contributed by atoms with Crippen LogP contribution in [0.2, 0.25) is 5.02 Å². The standard InChI is InChI=1S/C19H20ClN5OS/c1-12-3-7-15(8-4-12)17-23-24-19(25(17)21)27-13(2)18(26)22-11-14-5-9-16(20)10-6-14/h3-10,13H,11,21H2,1-2H3,(H,22,26). The number of hydrogen-bond acceptors (Lipinski definition) is 5. The van der Waals surface area contributed by atoms with Gasteiger partial charge in [0.1, 0.15) is 0 Å². The number of nitrogens with zero attached hydrogens (tertiary/aromatic N) is 3. The highest BCUT2D eigenvalue weighted by Crippen LogP contribution is 2.25. The van der Waals surface area contributed by atoms with Gasteiger partial charge >= 0.3 is 0 Å². The van der Waals surface area contributed by atoms with Crippen LogP contribution in [-0.4, -0.2) is 26.0 Å². The lowest BCUT2D eigenvalue weighted by Crippen LogP contribution is -2.30. The molecule has 0 spiro atoms. The highest BCUT2D eigenvalue weighted by molar-refractivity contribution is 8.00. The predicted molar refractivity (Wildman–Crippen MR) is 109 cm³/mol. The first-order valence-electron chi connectivity index (χ1n) is 8.40. The van der Waals surface area contributed by atoms with Crippen molar-refractivity contribution in [3.05, 3.63) is 64.7 Å². The Morgan fingerprint density at radius 1 is 1.19 bits per heavy atom. The molecule has 3 rings (SSSR count). The Morgan fingerprint density at radius 2 is 1.85 bits per heavy atom. The van der Waals surface area contributed by atoms with Gasteiger partial charge in [0.25, 0.3) is 0 Å². The minimum Gasteiger partial charge on any atom is -0.351 e. The summed E-state index contributed by atoms with van der Waals surface area (Å²) in [5.41, 5.74) is 3.01. The molecule has 0 radical (unpaired) electrons. The zero-order chi connectivity index (χ0) is 19.4. The quantitative estimate of drug-likeness (QED) is 0.488. The predicted octanol–water partition coefficient (Wildman–Crippen LogP) is 3.42. The molecule has 1 amide bonds. The fourth-order valence-electron chi connectivity index (χ4n) is 2.40. The SMILES string of the molecule is Cc1ccc(-c2nnc(SC(C)C(=O)NCc3ccc(Cl)cc3)n2N)cc1. The van der Waals surface area contributed by atoms with Crippen LogP contribution in [0.4, 0.5) is 0 Å². The van der Waals surface area contributed by atoms with E-state index in [2.05, 4.69) is 15.5 Å². The summed E-state index contributed by atoms with van der Waals surface area (Å²) in [6.07, 6.45) is 0. The summed E-state index contributed by atoms with van der Waals surface area (Å²) in [5, 5.41) is 12.0. The number of nitrogens with two attached hydrogens (primary N) is 1. The average Bonchev–Trinajstić information content (AvgIpc) is 3.02. The first-order chi connectivity index (χ1) is 12.9. The third kappa shape index (κ3) is 4.81. The number of aryl methyl sites for hydroxylation is 1. The molecule has 3 N–H and O–H groups in total. The highest BCUT2D eigenvalue weighted by atomic mass is 35.5. The topological polar surface area (TPSA) is 85.8 Å². The van der Waals surface area contributed by atoms with Crippen LogP contribution in [0.25, 0.3) is 11.4 Å². The van der Waals surface area contributed by atoms with E-state index in [4.69, 9.17) is 17.4 Å². The molecule has 1 aromatic heterocycles. The zero-order valence-corrected chi connectivity index (χ0v) is 16.6. The van der Waals surface area contributed by atoms with E-state index in [1.165, 1.54) is 16.4 Å². The van der Waals surface area contributed by atoms with Crippen molar-refractivity contribution >= 4 is 29.3 Å². The van der Waals surface area contributed by atoms with Crippen LogP contribution in [0.1, 0.15) is 18.1 Å². The van der Waals surface area contributed by atoms with Gasteiger partial charge in [0.05, 0.1) is 5.25 Å². The third-order valence-corrected chi connectivity index (χ3v) is 5.31. The van der Waals surface area contributed by atoms with E-state index >= 15 is 0 Å². The van der Waals surface area contributed by atoms with E-state index in [1.807, 2.05) is 50.2 Å². The molecule has 0 aliphatic rings. The summed E-state index contributed by atoms with van der Waals surface area (Å²) >= 11 is 7.13. The molecule has 2 aromatic carbocycles. The normalized spacial score (nSPS) is 12.0. The molecule has 6 nitrogen and oxygen atoms in total. The van der Waals surface area contributed by atoms with Crippen molar-refractivity contribution in [2.24, 2.45) is 0 Å². The Labute approximate surface area is 167 Å². The fraction of sp³-hybridized carbons (Fsp3) is 0.211. The number of rotatable bonds is 6. The minimum absolute atomic E-state index is 0.102. The van der Waals surface area contributed by atoms with Crippen LogP contribution in [0, 0.1) is 6.92 Å². The number of nitrogens with one attached hydrogen (secondary N) is 1. The Morgan fingerprint density at radius 3 is 2.52 bits per heavy atom. The zero-order valence-electron chi connectivity index (χ0n) is 15.0. The molecule has 0 fully saturated rings. The van der Waals surface area contributed by atoms with Gasteiger partial charge in [0.15, 0.2) is 5.82 Å². The van der Waals surface area contributed by atoms with Crippen molar-refractivity contribution in [2.45, 2.75) is 30.8 Å². The molecule has 3 aromatic rings. The molecule has 0 aliphatic carbocycles. The van der Waals surface area contributed by atoms with Gasteiger partial charge in [-0.3, -0.25) is 4.79 Å². The number of benzene rings is 2. The Balaban J connectivity index is 1.61. The Kier molecular flexibility index (Phi) is 6.03. The lowest BCUT2D eigenvalue weighted by atomic mass is 10.1. The van der Waals surface area contributed by atoms with Gasteiger partial charge in [-0.2, -0.15) is 0 Å². The fourth-order valence-corrected chi connectivity index (χ4v) is 3.32. The summed E-state index contributed by atoms with van der Waals surface area (Å²) in [6.45, 7) is 4.26. The average molecular weight is 402 g/mol. The number of halogens is 1. The molecule has 1 atom stereocenters. The van der Waals surface area contributed by atoms with E-state index in [-0.39, 0.29) is 11.2 Å². The molecular weight excluding hydrogens is 382 g/mol. The molecule has 1 unspecified atom stereocenters. The number of thioether (sulfide) groups is 1. The third-order valence-electron chi connectivity index (χ3n) is 4.01. The number of hydrogen-bond donors (Lipinski definition) is 2. The number of nitrogen functional groups attached to an aromatic ring is 1. The maximum atomic E-state index is 12.4. The van der Waals surface area contributed by atoms with Gasteiger partial charge in [-0.1, -0.05) is 65.3 Å². The maximum absolute atomic E-state index is 12.4. The van der Waals surface area contributed by atoms with Gasteiger partial charge in [0.2, 0.25) is 11.1 Å². The van der Waals surface area contributed by atoms with Crippen molar-refractivity contribution in [1.29, 1.82) is 0 Å². The Hall–Kier alpha value is -2.51. The first-order valence-corrected chi connectivity index (χ1v) is 9.66. The van der Waals surface area contributed by atoms with E-state index < -0.39 is 0 Å². The van der Waals surface area contributed by atoms with Gasteiger partial charge in [-0.25, -0.2) is 4.68 Å². The van der Waals surface area contributed by atoms with Crippen molar-refractivity contribution in [1.82, 2.24) is 20.2 Å². The summed E-state index contributed by atoms with van der Waals surface area (Å²) in [6, 6.07) is 15.2. The van der Waals surface area contributed by atoms with Crippen LogP contribution in [0.3, 0.4) is 0 Å². The smallest absolute Gasteiger partial charge is 0.233 e. The second-order valence-corrected chi connectivity index (χ2v) is 7.89. The van der Waals surface area contributed by atoms with E-state index in [1.54, 1.807) is 12.1 Å². The van der Waals surface area contributed by atoms with Crippen molar-refractivity contribution < 1.29 is 4.79 Å². The molecule has 0 aliphatic heterocycles. The summed E-state index contributed by atoms with van der Waals surface area (Å²) in [5.74, 6) is 6.59. The van der Waals surface area contributed by atoms with Crippen molar-refractivity contribution in [3.63, 3.8) is 0 Å². The minimum atomic E-state index is -0.366. The summed E-state index contributed by atoms with van der Waals surface area (Å²) in [4.78, 5) is 12.4. The summed E-state index contributed by atoms with van der Waals surface area (Å²) < 4.78 is 1.41. The molecule has 0 saturated carbocycles. The number of carbonyl (C=O) groups is 1. The first kappa shape index (κ1) is 19.3. The van der Waals surface area contributed by atoms with Gasteiger partial charge in [0, 0.05) is 17.1 Å². The lowest BCUT2D eigenvalue weighted by molar-refractivity contribution is -0.120. The second kappa shape index (κ2) is 8.45. The van der Waals surface area contributed by atoms with E-state index in [9.17, 15) is 4.79 Å². The maximum Gasteiger partial charge on any atom is 0.233 e. The number of carbonyl (C=O) groups excluding carboxylic acids is 1. The molecule has 0 saturated heterocycles. The molecule has 1 heterocycles. The molecule has 0 bridgehead atoms. The van der Waals surface area contributed by atoms with Crippen molar-refractivity contribution in [2.75, 3.05) is 5.84 Å². The second-order valence-electron chi connectivity index (χ2n) is 6.15. The van der Waals surface area contributed by atoms with Gasteiger partial charge in [-0.05, 0) is 31.5 Å². The van der Waals surface area contributed by atoms with Gasteiger partial charge < -0.3 is 11.2 Å². The van der Waals surface area contributed by atoms with Crippen molar-refractivity contribution in [3.8, 4) is 11.4 Å². The monoisotopic (exact) mass is 401 g/mol. The molecule has 140 valence electrons. The molecule has 8 heteroatoms. The van der Waals surface area contributed by atoms with Crippen LogP contribution in [-0.2, 0) is 11.3 Å². The van der Waals surface area contributed by atoms with E-state index in [0.29, 0.717) is 22.5 Å². The van der Waals surface area contributed by atoms with Gasteiger partial charge in [-0.15, -0.1) is 10.2 Å². The van der Waals surface area contributed by atoms with Crippen LogP contribution < -0.4 is 11.2 Å². The largest absolute Gasteiger partial charge is 0.351 e. The Bertz CT molecular complexity index is 924. The summed E-state index contributed by atoms with van der Waals surface area (Å²) in [7, 11) is 0. The van der Waals surface area contributed by atoms with Crippen LogP contribution >= 0.6 is 23.4 Å².